The summed E-state index contributed by atoms with van der Waals surface area (Å²) in [5, 5.41) is 3.08. The van der Waals surface area contributed by atoms with Gasteiger partial charge in [-0.3, -0.25) is 9.59 Å². The average molecular weight is 442 g/mol. The van der Waals surface area contributed by atoms with Crippen LogP contribution < -0.4 is 5.32 Å². The molecule has 0 spiro atoms. The van der Waals surface area contributed by atoms with Gasteiger partial charge in [0.05, 0.1) is 0 Å². The van der Waals surface area contributed by atoms with Crippen LogP contribution in [0.5, 0.6) is 0 Å². The summed E-state index contributed by atoms with van der Waals surface area (Å²) in [5.74, 6) is 1.01. The summed E-state index contributed by atoms with van der Waals surface area (Å²) in [6.45, 7) is 14.7. The SMILES string of the molecule is Cc1ccc(NC(=O)C2CCN(C3CCN(C(=O)CC(C)CC(C)(C)C)CC3)CC2)cc1. The lowest BCUT2D eigenvalue weighted by Gasteiger charge is -2.41. The van der Waals surface area contributed by atoms with Crippen molar-refractivity contribution in [1.29, 1.82) is 0 Å². The highest BCUT2D eigenvalue weighted by Gasteiger charge is 2.32. The molecular weight excluding hydrogens is 398 g/mol. The minimum absolute atomic E-state index is 0.0959. The fourth-order valence-electron chi connectivity index (χ4n) is 5.43. The first-order valence-electron chi connectivity index (χ1n) is 12.5. The van der Waals surface area contributed by atoms with Crippen LogP contribution >= 0.6 is 0 Å². The average Bonchev–Trinajstić information content (AvgIpc) is 2.74. The molecule has 5 heteroatoms. The van der Waals surface area contributed by atoms with Crippen molar-refractivity contribution in [2.45, 2.75) is 79.2 Å². The van der Waals surface area contributed by atoms with E-state index >= 15 is 0 Å². The number of aryl methyl sites for hydroxylation is 1. The monoisotopic (exact) mass is 441 g/mol. The van der Waals surface area contributed by atoms with Crippen molar-refractivity contribution in [3.8, 4) is 0 Å². The Bertz CT molecular complexity index is 752. The Morgan fingerprint density at radius 2 is 1.59 bits per heavy atom. The van der Waals surface area contributed by atoms with Gasteiger partial charge in [-0.2, -0.15) is 0 Å². The molecule has 1 unspecified atom stereocenters. The number of likely N-dealkylation sites (tertiary alicyclic amines) is 2. The second kappa shape index (κ2) is 10.8. The molecule has 2 aliphatic rings. The normalized spacial score (nSPS) is 20.2. The van der Waals surface area contributed by atoms with Crippen molar-refractivity contribution in [2.75, 3.05) is 31.5 Å². The zero-order chi connectivity index (χ0) is 23.3. The summed E-state index contributed by atoms with van der Waals surface area (Å²) >= 11 is 0. The third kappa shape index (κ3) is 7.33. The van der Waals surface area contributed by atoms with Crippen LogP contribution in [0.1, 0.15) is 71.8 Å². The first-order valence-corrected chi connectivity index (χ1v) is 12.5. The van der Waals surface area contributed by atoms with Crippen molar-refractivity contribution < 1.29 is 9.59 Å². The number of amides is 2. The number of nitrogens with zero attached hydrogens (tertiary/aromatic N) is 2. The molecule has 0 saturated carbocycles. The van der Waals surface area contributed by atoms with Crippen LogP contribution in [-0.4, -0.2) is 53.8 Å². The molecule has 1 atom stereocenters. The van der Waals surface area contributed by atoms with Gasteiger partial charge >= 0.3 is 0 Å². The molecule has 2 fully saturated rings. The lowest BCUT2D eigenvalue weighted by Crippen LogP contribution is -2.50. The third-order valence-electron chi connectivity index (χ3n) is 7.04. The van der Waals surface area contributed by atoms with Crippen LogP contribution in [0.2, 0.25) is 0 Å². The van der Waals surface area contributed by atoms with Gasteiger partial charge in [-0.25, -0.2) is 0 Å². The second-order valence-corrected chi connectivity index (χ2v) is 11.4. The number of piperidine rings is 2. The maximum absolute atomic E-state index is 12.7. The van der Waals surface area contributed by atoms with Gasteiger partial charge in [-0.05, 0) is 75.6 Å². The van der Waals surface area contributed by atoms with Gasteiger partial charge in [-0.1, -0.05) is 45.4 Å². The van der Waals surface area contributed by atoms with E-state index in [1.807, 2.05) is 24.3 Å². The zero-order valence-corrected chi connectivity index (χ0v) is 20.8. The Labute approximate surface area is 194 Å². The molecular formula is C27H43N3O2. The number of hydrogen-bond acceptors (Lipinski definition) is 3. The maximum Gasteiger partial charge on any atom is 0.227 e. The van der Waals surface area contributed by atoms with Crippen LogP contribution in [0.3, 0.4) is 0 Å². The van der Waals surface area contributed by atoms with Crippen LogP contribution in [0.15, 0.2) is 24.3 Å². The fraction of sp³-hybridized carbons (Fsp3) is 0.704. The largest absolute Gasteiger partial charge is 0.343 e. The molecule has 0 aliphatic carbocycles. The molecule has 5 nitrogen and oxygen atoms in total. The Kier molecular flexibility index (Phi) is 8.37. The molecule has 2 aliphatic heterocycles. The lowest BCUT2D eigenvalue weighted by atomic mass is 9.84. The molecule has 0 radical (unpaired) electrons. The first kappa shape index (κ1) is 24.8. The number of nitrogens with one attached hydrogen (secondary N) is 1. The van der Waals surface area contributed by atoms with Gasteiger partial charge in [0.2, 0.25) is 11.8 Å². The summed E-state index contributed by atoms with van der Waals surface area (Å²) in [6.07, 6.45) is 5.70. The van der Waals surface area contributed by atoms with E-state index in [1.165, 1.54) is 5.56 Å². The van der Waals surface area contributed by atoms with E-state index in [-0.39, 0.29) is 17.2 Å². The Balaban J connectivity index is 1.38. The smallest absolute Gasteiger partial charge is 0.227 e. The molecule has 32 heavy (non-hydrogen) atoms. The summed E-state index contributed by atoms with van der Waals surface area (Å²) in [5.41, 5.74) is 2.36. The highest BCUT2D eigenvalue weighted by molar-refractivity contribution is 5.92. The number of carbonyl (C=O) groups is 2. The van der Waals surface area contributed by atoms with Crippen LogP contribution in [-0.2, 0) is 9.59 Å². The highest BCUT2D eigenvalue weighted by atomic mass is 16.2. The lowest BCUT2D eigenvalue weighted by molar-refractivity contribution is -0.134. The van der Waals surface area contributed by atoms with Crippen molar-refractivity contribution in [1.82, 2.24) is 9.80 Å². The van der Waals surface area contributed by atoms with Crippen molar-refractivity contribution in [2.24, 2.45) is 17.3 Å². The quantitative estimate of drug-likeness (QED) is 0.668. The standard InChI is InChI=1S/C27H43N3O2/c1-20-6-8-23(9-7-20)28-26(32)22-10-14-29(15-11-22)24-12-16-30(17-13-24)25(31)18-21(2)19-27(3,4)5/h6-9,21-22,24H,10-19H2,1-5H3,(H,28,32). The van der Waals surface area contributed by atoms with E-state index in [9.17, 15) is 9.59 Å². The number of benzene rings is 1. The summed E-state index contributed by atoms with van der Waals surface area (Å²) in [6, 6.07) is 8.55. The highest BCUT2D eigenvalue weighted by Crippen LogP contribution is 2.28. The Hall–Kier alpha value is -1.88. The number of rotatable bonds is 6. The van der Waals surface area contributed by atoms with E-state index in [1.54, 1.807) is 0 Å². The second-order valence-electron chi connectivity index (χ2n) is 11.4. The molecule has 178 valence electrons. The molecule has 1 aromatic carbocycles. The van der Waals surface area contributed by atoms with Gasteiger partial charge in [0.1, 0.15) is 0 Å². The molecule has 0 aromatic heterocycles. The van der Waals surface area contributed by atoms with E-state index in [2.05, 4.69) is 49.7 Å². The van der Waals surface area contributed by atoms with E-state index in [0.717, 1.165) is 64.0 Å². The molecule has 2 saturated heterocycles. The first-order chi connectivity index (χ1) is 15.1. The molecule has 1 N–H and O–H groups in total. The van der Waals surface area contributed by atoms with Gasteiger partial charge in [-0.15, -0.1) is 0 Å². The minimum atomic E-state index is 0.0959. The van der Waals surface area contributed by atoms with Gasteiger partial charge < -0.3 is 15.1 Å². The molecule has 1 aromatic rings. The van der Waals surface area contributed by atoms with E-state index in [4.69, 9.17) is 0 Å². The van der Waals surface area contributed by atoms with E-state index < -0.39 is 0 Å². The van der Waals surface area contributed by atoms with Crippen LogP contribution in [0, 0.1) is 24.2 Å². The predicted molar refractivity (Wildman–Crippen MR) is 132 cm³/mol. The Morgan fingerprint density at radius 1 is 1.00 bits per heavy atom. The minimum Gasteiger partial charge on any atom is -0.343 e. The summed E-state index contributed by atoms with van der Waals surface area (Å²) in [4.78, 5) is 30.0. The molecule has 3 rings (SSSR count). The number of hydrogen-bond donors (Lipinski definition) is 1. The molecule has 2 heterocycles. The topological polar surface area (TPSA) is 52.7 Å². The molecule has 2 amide bonds. The Morgan fingerprint density at radius 3 is 2.16 bits per heavy atom. The summed E-state index contributed by atoms with van der Waals surface area (Å²) < 4.78 is 0. The number of anilines is 1. The maximum atomic E-state index is 12.7. The summed E-state index contributed by atoms with van der Waals surface area (Å²) in [7, 11) is 0. The van der Waals surface area contributed by atoms with Crippen molar-refractivity contribution >= 4 is 17.5 Å². The zero-order valence-electron chi connectivity index (χ0n) is 20.8. The fourth-order valence-corrected chi connectivity index (χ4v) is 5.43. The van der Waals surface area contributed by atoms with Crippen molar-refractivity contribution in [3.63, 3.8) is 0 Å². The predicted octanol–water partition coefficient (Wildman–Crippen LogP) is 5.10. The van der Waals surface area contributed by atoms with Gasteiger partial charge in [0.25, 0.3) is 0 Å². The van der Waals surface area contributed by atoms with Crippen molar-refractivity contribution in [3.05, 3.63) is 29.8 Å². The van der Waals surface area contributed by atoms with E-state index in [0.29, 0.717) is 24.3 Å². The third-order valence-corrected chi connectivity index (χ3v) is 7.04. The van der Waals surface area contributed by atoms with Crippen LogP contribution in [0.4, 0.5) is 5.69 Å². The molecule has 0 bridgehead atoms. The number of carbonyl (C=O) groups excluding carboxylic acids is 2. The van der Waals surface area contributed by atoms with Crippen LogP contribution in [0.25, 0.3) is 0 Å². The van der Waals surface area contributed by atoms with Gasteiger partial charge in [0, 0.05) is 37.2 Å². The van der Waals surface area contributed by atoms with Gasteiger partial charge in [0.15, 0.2) is 0 Å².